The number of hydrogen-bond donors (Lipinski definition) is 1. The van der Waals surface area contributed by atoms with Gasteiger partial charge >= 0.3 is 0 Å². The van der Waals surface area contributed by atoms with Crippen molar-refractivity contribution in [1.29, 1.82) is 0 Å². The fraction of sp³-hybridized carbons (Fsp3) is 0.412. The first-order chi connectivity index (χ1) is 12.1. The van der Waals surface area contributed by atoms with Crippen LogP contribution in [-0.4, -0.2) is 38.2 Å². The molecular formula is C17H20FN3O3S. The summed E-state index contributed by atoms with van der Waals surface area (Å²) in [5.74, 6) is -0.450. The van der Waals surface area contributed by atoms with Gasteiger partial charge in [0.25, 0.3) is 5.91 Å². The topological polar surface area (TPSA) is 63.7 Å². The summed E-state index contributed by atoms with van der Waals surface area (Å²) in [5, 5.41) is 5.07. The van der Waals surface area contributed by atoms with Crippen LogP contribution in [0.1, 0.15) is 29.8 Å². The van der Waals surface area contributed by atoms with E-state index < -0.39 is 11.7 Å². The number of piperidine rings is 1. The maximum absolute atomic E-state index is 14.1. The van der Waals surface area contributed by atoms with Gasteiger partial charge in [-0.3, -0.25) is 4.79 Å². The van der Waals surface area contributed by atoms with Gasteiger partial charge in [-0.05, 0) is 19.3 Å². The smallest absolute Gasteiger partial charge is 0.275 e. The Bertz CT molecular complexity index is 760. The van der Waals surface area contributed by atoms with Gasteiger partial charge < -0.3 is 19.7 Å². The number of hydrogen-bond acceptors (Lipinski definition) is 6. The number of rotatable bonds is 5. The summed E-state index contributed by atoms with van der Waals surface area (Å²) < 4.78 is 24.3. The Morgan fingerprint density at radius 3 is 2.56 bits per heavy atom. The van der Waals surface area contributed by atoms with Gasteiger partial charge in [0.15, 0.2) is 22.4 Å². The fourth-order valence-corrected chi connectivity index (χ4v) is 3.59. The number of methoxy groups -OCH3 is 2. The predicted octanol–water partition coefficient (Wildman–Crippen LogP) is 3.54. The molecule has 134 valence electrons. The van der Waals surface area contributed by atoms with Crippen LogP contribution in [0.3, 0.4) is 0 Å². The van der Waals surface area contributed by atoms with E-state index in [9.17, 15) is 9.18 Å². The Morgan fingerprint density at radius 1 is 1.20 bits per heavy atom. The number of halogens is 1. The molecule has 8 heteroatoms. The highest BCUT2D eigenvalue weighted by Gasteiger charge is 2.19. The van der Waals surface area contributed by atoms with Crippen molar-refractivity contribution in [2.24, 2.45) is 0 Å². The highest BCUT2D eigenvalue weighted by Crippen LogP contribution is 2.33. The summed E-state index contributed by atoms with van der Waals surface area (Å²) in [6, 6.07) is 2.57. The maximum Gasteiger partial charge on any atom is 0.275 e. The molecule has 1 aliphatic rings. The van der Waals surface area contributed by atoms with Crippen molar-refractivity contribution in [2.75, 3.05) is 37.5 Å². The van der Waals surface area contributed by atoms with Gasteiger partial charge in [0.2, 0.25) is 0 Å². The lowest BCUT2D eigenvalue weighted by Crippen LogP contribution is -2.29. The average molecular weight is 365 g/mol. The third kappa shape index (κ3) is 3.84. The summed E-state index contributed by atoms with van der Waals surface area (Å²) in [6.45, 7) is 1.91. The molecule has 0 bridgehead atoms. The number of aromatic nitrogens is 1. The van der Waals surface area contributed by atoms with Gasteiger partial charge in [0.05, 0.1) is 19.9 Å². The zero-order valence-electron chi connectivity index (χ0n) is 14.2. The Hall–Kier alpha value is -2.35. The Labute approximate surface area is 149 Å². The van der Waals surface area contributed by atoms with Gasteiger partial charge in [-0.1, -0.05) is 0 Å². The van der Waals surface area contributed by atoms with Crippen molar-refractivity contribution in [2.45, 2.75) is 19.3 Å². The molecule has 2 heterocycles. The second-order valence-corrected chi connectivity index (χ2v) is 6.54. The molecule has 0 atom stereocenters. The molecule has 0 spiro atoms. The lowest BCUT2D eigenvalue weighted by Gasteiger charge is -2.25. The molecule has 0 aliphatic carbocycles. The van der Waals surface area contributed by atoms with E-state index in [1.54, 1.807) is 5.38 Å². The number of benzene rings is 1. The number of nitrogens with one attached hydrogen (secondary N) is 1. The minimum atomic E-state index is -0.600. The predicted molar refractivity (Wildman–Crippen MR) is 95.6 cm³/mol. The molecule has 1 saturated heterocycles. The fourth-order valence-electron chi connectivity index (χ4n) is 2.74. The number of carbonyl (C=O) groups excluding carboxylic acids is 1. The van der Waals surface area contributed by atoms with Crippen molar-refractivity contribution < 1.29 is 18.7 Å². The van der Waals surface area contributed by atoms with E-state index in [0.717, 1.165) is 31.1 Å². The molecule has 1 N–H and O–H groups in total. The van der Waals surface area contributed by atoms with E-state index in [1.807, 2.05) is 0 Å². The summed E-state index contributed by atoms with van der Waals surface area (Å²) in [4.78, 5) is 19.0. The van der Waals surface area contributed by atoms with Crippen LogP contribution in [0.25, 0.3) is 0 Å². The highest BCUT2D eigenvalue weighted by molar-refractivity contribution is 7.14. The highest BCUT2D eigenvalue weighted by atomic mass is 32.1. The lowest BCUT2D eigenvalue weighted by molar-refractivity contribution is 0.102. The number of amides is 1. The lowest BCUT2D eigenvalue weighted by atomic mass is 10.1. The van der Waals surface area contributed by atoms with E-state index in [0.29, 0.717) is 5.75 Å². The van der Waals surface area contributed by atoms with E-state index in [2.05, 4.69) is 15.2 Å². The number of nitrogens with zero attached hydrogens (tertiary/aromatic N) is 2. The molecule has 0 saturated carbocycles. The molecule has 0 radical (unpaired) electrons. The molecule has 3 rings (SSSR count). The third-order valence-electron chi connectivity index (χ3n) is 4.07. The van der Waals surface area contributed by atoms with Crippen molar-refractivity contribution in [3.05, 3.63) is 29.0 Å². The average Bonchev–Trinajstić information content (AvgIpc) is 3.14. The van der Waals surface area contributed by atoms with Gasteiger partial charge in [-0.2, -0.15) is 0 Å². The van der Waals surface area contributed by atoms with Gasteiger partial charge in [-0.25, -0.2) is 9.37 Å². The number of thiazole rings is 1. The first-order valence-electron chi connectivity index (χ1n) is 8.05. The molecule has 1 fully saturated rings. The standard InChI is InChI=1S/C17H20FN3O3S/c1-23-14-8-11(18)12(9-15(14)24-2)19-16(22)13-10-25-17(20-13)21-6-4-3-5-7-21/h8-10H,3-7H2,1-2H3,(H,19,22). The summed E-state index contributed by atoms with van der Waals surface area (Å²) >= 11 is 1.43. The normalized spacial score (nSPS) is 14.3. The zero-order chi connectivity index (χ0) is 17.8. The van der Waals surface area contributed by atoms with Crippen LogP contribution >= 0.6 is 11.3 Å². The van der Waals surface area contributed by atoms with Crippen LogP contribution in [0.15, 0.2) is 17.5 Å². The number of carbonyl (C=O) groups is 1. The number of ether oxygens (including phenoxy) is 2. The first-order valence-corrected chi connectivity index (χ1v) is 8.93. The second-order valence-electron chi connectivity index (χ2n) is 5.70. The number of anilines is 2. The van der Waals surface area contributed by atoms with Crippen LogP contribution in [0.4, 0.5) is 15.2 Å². The Morgan fingerprint density at radius 2 is 1.88 bits per heavy atom. The molecule has 25 heavy (non-hydrogen) atoms. The maximum atomic E-state index is 14.1. The molecule has 1 aliphatic heterocycles. The van der Waals surface area contributed by atoms with Gasteiger partial charge in [0, 0.05) is 30.6 Å². The van der Waals surface area contributed by atoms with E-state index in [1.165, 1.54) is 44.1 Å². The van der Waals surface area contributed by atoms with Crippen LogP contribution in [0.2, 0.25) is 0 Å². The SMILES string of the molecule is COc1cc(F)c(NC(=O)c2csc(N3CCCCC3)n2)cc1OC. The van der Waals surface area contributed by atoms with Crippen LogP contribution in [-0.2, 0) is 0 Å². The van der Waals surface area contributed by atoms with Crippen LogP contribution in [0, 0.1) is 5.82 Å². The summed E-state index contributed by atoms with van der Waals surface area (Å²) in [5.41, 5.74) is 0.301. The van der Waals surface area contributed by atoms with Gasteiger partial charge in [-0.15, -0.1) is 11.3 Å². The second kappa shape index (κ2) is 7.69. The molecular weight excluding hydrogens is 345 g/mol. The molecule has 1 amide bonds. The van der Waals surface area contributed by atoms with E-state index in [4.69, 9.17) is 9.47 Å². The van der Waals surface area contributed by atoms with E-state index >= 15 is 0 Å². The molecule has 1 aromatic carbocycles. The van der Waals surface area contributed by atoms with Crippen molar-refractivity contribution in [3.63, 3.8) is 0 Å². The first kappa shape index (κ1) is 17.5. The molecule has 6 nitrogen and oxygen atoms in total. The van der Waals surface area contributed by atoms with Crippen molar-refractivity contribution in [1.82, 2.24) is 4.98 Å². The summed E-state index contributed by atoms with van der Waals surface area (Å²) in [6.07, 6.45) is 3.50. The van der Waals surface area contributed by atoms with Crippen LogP contribution < -0.4 is 19.7 Å². The van der Waals surface area contributed by atoms with Gasteiger partial charge in [0.1, 0.15) is 5.69 Å². The van der Waals surface area contributed by atoms with Crippen molar-refractivity contribution in [3.8, 4) is 11.5 Å². The minimum absolute atomic E-state index is 0.0233. The van der Waals surface area contributed by atoms with Crippen molar-refractivity contribution >= 4 is 28.1 Å². The molecule has 2 aromatic rings. The summed E-state index contributed by atoms with van der Waals surface area (Å²) in [7, 11) is 2.87. The van der Waals surface area contributed by atoms with Crippen LogP contribution in [0.5, 0.6) is 11.5 Å². The van der Waals surface area contributed by atoms with E-state index in [-0.39, 0.29) is 17.1 Å². The minimum Gasteiger partial charge on any atom is -0.493 e. The Kier molecular flexibility index (Phi) is 5.37. The zero-order valence-corrected chi connectivity index (χ0v) is 15.0. The largest absolute Gasteiger partial charge is 0.493 e. The monoisotopic (exact) mass is 365 g/mol. The molecule has 1 aromatic heterocycles. The third-order valence-corrected chi connectivity index (χ3v) is 4.97. The quantitative estimate of drug-likeness (QED) is 0.878. The molecule has 0 unspecified atom stereocenters. The Balaban J connectivity index is 1.75.